The maximum atomic E-state index is 13.4. The summed E-state index contributed by atoms with van der Waals surface area (Å²) in [6.45, 7) is 2.90. The van der Waals surface area contributed by atoms with Crippen molar-refractivity contribution in [1.82, 2.24) is 29.0 Å². The first-order chi connectivity index (χ1) is 17.2. The Kier molecular flexibility index (Phi) is 6.19. The van der Waals surface area contributed by atoms with Gasteiger partial charge in [-0.25, -0.2) is 15.0 Å². The number of carbonyl (C=O) groups is 1. The minimum atomic E-state index is -4.44. The second kappa shape index (κ2) is 9.20. The summed E-state index contributed by atoms with van der Waals surface area (Å²) in [5.41, 5.74) is 7.57. The number of amides is 1. The van der Waals surface area contributed by atoms with E-state index in [0.29, 0.717) is 59.4 Å². The number of halogens is 3. The van der Waals surface area contributed by atoms with Gasteiger partial charge in [-0.2, -0.15) is 13.2 Å². The molecule has 190 valence electrons. The number of fused-ring (bicyclic) bond motifs is 2. The fourth-order valence-corrected chi connectivity index (χ4v) is 5.24. The second-order valence-corrected chi connectivity index (χ2v) is 9.56. The van der Waals surface area contributed by atoms with Gasteiger partial charge in [0.05, 0.1) is 11.3 Å². The second-order valence-electron chi connectivity index (χ2n) is 9.56. The molecule has 0 bridgehead atoms. The van der Waals surface area contributed by atoms with Crippen LogP contribution in [0, 0.1) is 11.8 Å². The number of nitrogens with zero attached hydrogens (tertiary/aromatic N) is 6. The van der Waals surface area contributed by atoms with Crippen LogP contribution in [0.2, 0.25) is 0 Å². The quantitative estimate of drug-likeness (QED) is 0.448. The summed E-state index contributed by atoms with van der Waals surface area (Å²) in [4.78, 5) is 28.3. The number of hydrogen-bond acceptors (Lipinski definition) is 5. The van der Waals surface area contributed by atoms with E-state index in [-0.39, 0.29) is 17.2 Å². The topological polar surface area (TPSA) is 94.9 Å². The summed E-state index contributed by atoms with van der Waals surface area (Å²) < 4.78 is 43.0. The summed E-state index contributed by atoms with van der Waals surface area (Å²) in [5, 5.41) is 0.583. The van der Waals surface area contributed by atoms with Crippen LogP contribution in [0.25, 0.3) is 33.7 Å². The highest BCUT2D eigenvalue weighted by atomic mass is 19.4. The molecule has 0 saturated carbocycles. The zero-order chi connectivity index (χ0) is 25.6. The van der Waals surface area contributed by atoms with Crippen molar-refractivity contribution in [2.24, 2.45) is 24.6 Å². The molecule has 5 rings (SSSR count). The van der Waals surface area contributed by atoms with Gasteiger partial charge in [0.2, 0.25) is 0 Å². The van der Waals surface area contributed by atoms with Gasteiger partial charge in [-0.1, -0.05) is 6.92 Å². The predicted molar refractivity (Wildman–Crippen MR) is 130 cm³/mol. The van der Waals surface area contributed by atoms with Crippen LogP contribution in [-0.2, 0) is 13.6 Å². The lowest BCUT2D eigenvalue weighted by Gasteiger charge is -2.37. The van der Waals surface area contributed by atoms with Gasteiger partial charge in [0.1, 0.15) is 17.7 Å². The Labute approximate surface area is 205 Å². The minimum Gasteiger partial charge on any atom is -0.338 e. The molecule has 5 heterocycles. The van der Waals surface area contributed by atoms with Gasteiger partial charge in [-0.3, -0.25) is 4.79 Å². The van der Waals surface area contributed by atoms with E-state index in [1.165, 1.54) is 12.4 Å². The number of pyridine rings is 2. The molecule has 4 aromatic heterocycles. The number of alkyl halides is 3. The molecule has 11 heteroatoms. The number of likely N-dealkylation sites (tertiary alicyclic amines) is 1. The number of imidazole rings is 1. The SMILES string of the molecule is C[C@H]1CN(C(=O)c2cnc3c(c2)nc(-c2cc4cccnc4n2CC(F)(F)F)n3C)CC[C@H]1CCN. The van der Waals surface area contributed by atoms with Crippen LogP contribution in [0.4, 0.5) is 13.2 Å². The van der Waals surface area contributed by atoms with Crippen LogP contribution in [0.5, 0.6) is 0 Å². The number of rotatable bonds is 5. The highest BCUT2D eigenvalue weighted by Crippen LogP contribution is 2.32. The molecule has 1 amide bonds. The van der Waals surface area contributed by atoms with E-state index in [4.69, 9.17) is 5.73 Å². The molecule has 1 saturated heterocycles. The molecule has 0 spiro atoms. The van der Waals surface area contributed by atoms with Crippen molar-refractivity contribution in [1.29, 1.82) is 0 Å². The third kappa shape index (κ3) is 4.43. The standard InChI is InChI=1S/C25H28F3N7O/c1-15-13-34(9-6-16(15)5-7-29)24(36)18-10-19-22(31-12-18)33(2)23(32-19)20-11-17-4-3-8-30-21(17)35(20)14-25(26,27)28/h3-4,8,10-12,15-16H,5-7,9,13-14,29H2,1-2H3/t15-,16+/m0/s1. The Morgan fingerprint density at radius 3 is 2.75 bits per heavy atom. The summed E-state index contributed by atoms with van der Waals surface area (Å²) >= 11 is 0. The molecule has 36 heavy (non-hydrogen) atoms. The van der Waals surface area contributed by atoms with E-state index in [9.17, 15) is 18.0 Å². The molecule has 2 atom stereocenters. The van der Waals surface area contributed by atoms with Gasteiger partial charge in [-0.05, 0) is 55.5 Å². The molecule has 8 nitrogen and oxygen atoms in total. The summed E-state index contributed by atoms with van der Waals surface area (Å²) in [5.74, 6) is 1.06. The maximum absolute atomic E-state index is 13.4. The van der Waals surface area contributed by atoms with Crippen molar-refractivity contribution in [3.63, 3.8) is 0 Å². The lowest BCUT2D eigenvalue weighted by Crippen LogP contribution is -2.43. The van der Waals surface area contributed by atoms with E-state index in [0.717, 1.165) is 17.4 Å². The van der Waals surface area contributed by atoms with Gasteiger partial charge in [0.15, 0.2) is 11.5 Å². The number of aryl methyl sites for hydroxylation is 1. The Morgan fingerprint density at radius 2 is 2.03 bits per heavy atom. The highest BCUT2D eigenvalue weighted by Gasteiger charge is 2.32. The lowest BCUT2D eigenvalue weighted by molar-refractivity contribution is -0.139. The molecular formula is C25H28F3N7O. The average Bonchev–Trinajstić information content (AvgIpc) is 3.36. The Balaban J connectivity index is 1.50. The summed E-state index contributed by atoms with van der Waals surface area (Å²) in [6.07, 6.45) is 0.404. The van der Waals surface area contributed by atoms with Crippen LogP contribution < -0.4 is 5.73 Å². The van der Waals surface area contributed by atoms with Gasteiger partial charge < -0.3 is 19.8 Å². The number of piperidine rings is 1. The largest absolute Gasteiger partial charge is 0.406 e. The molecule has 1 aliphatic rings. The van der Waals surface area contributed by atoms with Crippen molar-refractivity contribution >= 4 is 28.1 Å². The molecule has 0 radical (unpaired) electrons. The Hall–Kier alpha value is -3.47. The first-order valence-electron chi connectivity index (χ1n) is 12.0. The summed E-state index contributed by atoms with van der Waals surface area (Å²) in [7, 11) is 1.70. The fraction of sp³-hybridized carbons (Fsp3) is 0.440. The molecule has 0 aliphatic carbocycles. The number of nitrogens with two attached hydrogens (primary N) is 1. The van der Waals surface area contributed by atoms with Gasteiger partial charge in [0, 0.05) is 37.9 Å². The van der Waals surface area contributed by atoms with Gasteiger partial charge in [0.25, 0.3) is 5.91 Å². The number of aromatic nitrogens is 5. The van der Waals surface area contributed by atoms with Gasteiger partial charge in [-0.15, -0.1) is 0 Å². The average molecular weight is 500 g/mol. The number of carbonyl (C=O) groups excluding carboxylic acids is 1. The van der Waals surface area contributed by atoms with Crippen molar-refractivity contribution in [3.05, 3.63) is 42.2 Å². The smallest absolute Gasteiger partial charge is 0.338 e. The van der Waals surface area contributed by atoms with E-state index in [1.807, 2.05) is 4.90 Å². The molecule has 1 fully saturated rings. The molecule has 4 aromatic rings. The first kappa shape index (κ1) is 24.2. The summed E-state index contributed by atoms with van der Waals surface area (Å²) in [6, 6.07) is 6.71. The molecular weight excluding hydrogens is 471 g/mol. The van der Waals surface area contributed by atoms with Crippen LogP contribution in [0.1, 0.15) is 30.1 Å². The lowest BCUT2D eigenvalue weighted by atomic mass is 9.84. The highest BCUT2D eigenvalue weighted by molar-refractivity contribution is 5.97. The van der Waals surface area contributed by atoms with Crippen molar-refractivity contribution in [2.45, 2.75) is 32.5 Å². The number of hydrogen-bond donors (Lipinski definition) is 1. The van der Waals surface area contributed by atoms with Crippen LogP contribution in [0.15, 0.2) is 36.7 Å². The third-order valence-electron chi connectivity index (χ3n) is 7.09. The van der Waals surface area contributed by atoms with Crippen molar-refractivity contribution in [2.75, 3.05) is 19.6 Å². The van der Waals surface area contributed by atoms with E-state index in [2.05, 4.69) is 21.9 Å². The maximum Gasteiger partial charge on any atom is 0.406 e. The van der Waals surface area contributed by atoms with E-state index >= 15 is 0 Å². The van der Waals surface area contributed by atoms with Crippen molar-refractivity contribution in [3.8, 4) is 11.5 Å². The zero-order valence-electron chi connectivity index (χ0n) is 20.2. The molecule has 2 N–H and O–H groups in total. The minimum absolute atomic E-state index is 0.120. The van der Waals surface area contributed by atoms with E-state index in [1.54, 1.807) is 35.9 Å². The van der Waals surface area contributed by atoms with Crippen LogP contribution in [0.3, 0.4) is 0 Å². The third-order valence-corrected chi connectivity index (χ3v) is 7.09. The predicted octanol–water partition coefficient (Wildman–Crippen LogP) is 3.99. The zero-order valence-corrected chi connectivity index (χ0v) is 20.2. The van der Waals surface area contributed by atoms with E-state index < -0.39 is 12.7 Å². The Morgan fingerprint density at radius 1 is 1.22 bits per heavy atom. The van der Waals surface area contributed by atoms with Gasteiger partial charge >= 0.3 is 6.18 Å². The van der Waals surface area contributed by atoms with Crippen LogP contribution in [-0.4, -0.2) is 60.7 Å². The van der Waals surface area contributed by atoms with Crippen LogP contribution >= 0.6 is 0 Å². The molecule has 1 aliphatic heterocycles. The first-order valence-corrected chi connectivity index (χ1v) is 12.0. The molecule has 0 aromatic carbocycles. The normalized spacial score (nSPS) is 18.9. The monoisotopic (exact) mass is 499 g/mol. The Bertz CT molecular complexity index is 1420. The van der Waals surface area contributed by atoms with Crippen molar-refractivity contribution < 1.29 is 18.0 Å². The fourth-order valence-electron chi connectivity index (χ4n) is 5.24. The molecule has 0 unspecified atom stereocenters.